The van der Waals surface area contributed by atoms with E-state index in [9.17, 15) is 5.11 Å². The zero-order valence-corrected chi connectivity index (χ0v) is 18.0. The number of nitrogens with zero attached hydrogens (tertiary/aromatic N) is 1. The van der Waals surface area contributed by atoms with E-state index in [1.165, 1.54) is 0 Å². The van der Waals surface area contributed by atoms with Gasteiger partial charge in [0.25, 0.3) is 0 Å². The van der Waals surface area contributed by atoms with E-state index in [1.54, 1.807) is 12.1 Å². The Hall–Kier alpha value is -2.73. The van der Waals surface area contributed by atoms with Crippen molar-refractivity contribution in [3.05, 3.63) is 53.0 Å². The molecule has 1 aliphatic heterocycles. The molecular formula is C23H23BrN2O3. The molecule has 0 saturated heterocycles. The summed E-state index contributed by atoms with van der Waals surface area (Å²) in [5.74, 6) is 3.01. The van der Waals surface area contributed by atoms with Crippen molar-refractivity contribution >= 4 is 21.7 Å². The van der Waals surface area contributed by atoms with Crippen LogP contribution in [0.1, 0.15) is 20.3 Å². The lowest BCUT2D eigenvalue weighted by Gasteiger charge is -2.14. The first-order valence-electron chi connectivity index (χ1n) is 9.65. The maximum atomic E-state index is 10.4. The summed E-state index contributed by atoms with van der Waals surface area (Å²) in [5, 5.41) is 13.8. The van der Waals surface area contributed by atoms with Crippen LogP contribution in [-0.2, 0) is 0 Å². The summed E-state index contributed by atoms with van der Waals surface area (Å²) in [6, 6.07) is 15.2. The van der Waals surface area contributed by atoms with Crippen LogP contribution in [0.25, 0.3) is 22.4 Å². The third kappa shape index (κ3) is 4.32. The molecule has 0 spiro atoms. The molecule has 0 bridgehead atoms. The quantitative estimate of drug-likeness (QED) is 0.472. The summed E-state index contributed by atoms with van der Waals surface area (Å²) in [5.41, 5.74) is 3.23. The molecule has 0 atom stereocenters. The molecule has 0 amide bonds. The van der Waals surface area contributed by atoms with Crippen LogP contribution >= 0.6 is 15.9 Å². The van der Waals surface area contributed by atoms with E-state index in [0.717, 1.165) is 45.9 Å². The van der Waals surface area contributed by atoms with E-state index in [-0.39, 0.29) is 12.5 Å². The second-order valence-corrected chi connectivity index (χ2v) is 8.35. The fraction of sp³-hybridized carbons (Fsp3) is 0.261. The van der Waals surface area contributed by atoms with Gasteiger partial charge in [-0.3, -0.25) is 0 Å². The van der Waals surface area contributed by atoms with Crippen LogP contribution in [0.2, 0.25) is 0 Å². The molecule has 5 nitrogen and oxygen atoms in total. The number of hydrogen-bond donors (Lipinski definition) is 2. The predicted molar refractivity (Wildman–Crippen MR) is 119 cm³/mol. The minimum Gasteiger partial charge on any atom is -0.507 e. The maximum absolute atomic E-state index is 10.4. The molecule has 150 valence electrons. The summed E-state index contributed by atoms with van der Waals surface area (Å²) < 4.78 is 12.1. The molecule has 0 fully saturated rings. The van der Waals surface area contributed by atoms with Gasteiger partial charge in [-0.25, -0.2) is 4.98 Å². The molecule has 2 aromatic carbocycles. The monoisotopic (exact) mass is 454 g/mol. The Morgan fingerprint density at radius 2 is 1.97 bits per heavy atom. The van der Waals surface area contributed by atoms with Gasteiger partial charge in [0.2, 0.25) is 6.79 Å². The Morgan fingerprint density at radius 3 is 2.79 bits per heavy atom. The number of benzene rings is 2. The van der Waals surface area contributed by atoms with Crippen LogP contribution in [0, 0.1) is 5.92 Å². The average Bonchev–Trinajstić information content (AvgIpc) is 3.18. The number of rotatable bonds is 6. The Bertz CT molecular complexity index is 1040. The summed E-state index contributed by atoms with van der Waals surface area (Å²) in [6.45, 7) is 5.43. The van der Waals surface area contributed by atoms with E-state index in [4.69, 9.17) is 14.5 Å². The van der Waals surface area contributed by atoms with Crippen molar-refractivity contribution in [3.8, 4) is 39.6 Å². The van der Waals surface area contributed by atoms with Crippen LogP contribution in [-0.4, -0.2) is 23.4 Å². The molecule has 2 N–H and O–H groups in total. The molecule has 0 unspecified atom stereocenters. The molecular weight excluding hydrogens is 432 g/mol. The SMILES string of the molecule is CC(C)CCNc1cc(-c2cccc3c2OCO3)cc(-c2cc(Br)ccc2O)n1. The molecule has 0 aliphatic carbocycles. The van der Waals surface area contributed by atoms with Crippen molar-refractivity contribution in [2.75, 3.05) is 18.7 Å². The second kappa shape index (κ2) is 8.33. The highest BCUT2D eigenvalue weighted by atomic mass is 79.9. The van der Waals surface area contributed by atoms with Gasteiger partial charge in [0.05, 0.1) is 5.69 Å². The van der Waals surface area contributed by atoms with Gasteiger partial charge in [-0.2, -0.15) is 0 Å². The van der Waals surface area contributed by atoms with E-state index in [2.05, 4.69) is 35.1 Å². The minimum absolute atomic E-state index is 0.184. The van der Waals surface area contributed by atoms with Gasteiger partial charge in [-0.1, -0.05) is 41.9 Å². The highest BCUT2D eigenvalue weighted by Crippen LogP contribution is 2.43. The number of aromatic hydroxyl groups is 1. The van der Waals surface area contributed by atoms with Crippen molar-refractivity contribution < 1.29 is 14.6 Å². The molecule has 0 saturated carbocycles. The number of halogens is 1. The zero-order valence-electron chi connectivity index (χ0n) is 16.4. The second-order valence-electron chi connectivity index (χ2n) is 7.44. The van der Waals surface area contributed by atoms with E-state index >= 15 is 0 Å². The van der Waals surface area contributed by atoms with E-state index in [1.807, 2.05) is 36.4 Å². The topological polar surface area (TPSA) is 63.6 Å². The van der Waals surface area contributed by atoms with Crippen LogP contribution in [0.3, 0.4) is 0 Å². The lowest BCUT2D eigenvalue weighted by Crippen LogP contribution is -2.07. The van der Waals surface area contributed by atoms with Gasteiger partial charge in [0, 0.05) is 22.1 Å². The van der Waals surface area contributed by atoms with E-state index < -0.39 is 0 Å². The molecule has 2 heterocycles. The maximum Gasteiger partial charge on any atom is 0.231 e. The summed E-state index contributed by atoms with van der Waals surface area (Å²) in [6.07, 6.45) is 1.04. The van der Waals surface area contributed by atoms with Gasteiger partial charge in [-0.15, -0.1) is 0 Å². The van der Waals surface area contributed by atoms with Crippen molar-refractivity contribution in [2.24, 2.45) is 5.92 Å². The summed E-state index contributed by atoms with van der Waals surface area (Å²) >= 11 is 3.48. The average molecular weight is 455 g/mol. The number of pyridine rings is 1. The Morgan fingerprint density at radius 1 is 1.10 bits per heavy atom. The summed E-state index contributed by atoms with van der Waals surface area (Å²) in [4.78, 5) is 4.76. The molecule has 3 aromatic rings. The smallest absolute Gasteiger partial charge is 0.231 e. The van der Waals surface area contributed by atoms with Crippen molar-refractivity contribution in [3.63, 3.8) is 0 Å². The Balaban J connectivity index is 1.80. The fourth-order valence-electron chi connectivity index (χ4n) is 3.27. The van der Waals surface area contributed by atoms with Gasteiger partial charge in [0.1, 0.15) is 11.6 Å². The van der Waals surface area contributed by atoms with Gasteiger partial charge >= 0.3 is 0 Å². The molecule has 1 aliphatic rings. The number of phenolic OH excluding ortho intramolecular Hbond substituents is 1. The van der Waals surface area contributed by atoms with Gasteiger partial charge in [-0.05, 0) is 54.3 Å². The Labute approximate surface area is 178 Å². The number of aromatic nitrogens is 1. The van der Waals surface area contributed by atoms with Crippen LogP contribution in [0.15, 0.2) is 53.0 Å². The lowest BCUT2D eigenvalue weighted by atomic mass is 10.0. The Kier molecular flexibility index (Phi) is 5.62. The molecule has 4 rings (SSSR count). The number of fused-ring (bicyclic) bond motifs is 1. The first-order chi connectivity index (χ1) is 14.0. The largest absolute Gasteiger partial charge is 0.507 e. The van der Waals surface area contributed by atoms with Crippen molar-refractivity contribution in [2.45, 2.75) is 20.3 Å². The number of hydrogen-bond acceptors (Lipinski definition) is 5. The highest BCUT2D eigenvalue weighted by molar-refractivity contribution is 9.10. The summed E-state index contributed by atoms with van der Waals surface area (Å²) in [7, 11) is 0. The van der Waals surface area contributed by atoms with Crippen LogP contribution in [0.5, 0.6) is 17.2 Å². The van der Waals surface area contributed by atoms with Gasteiger partial charge in [0.15, 0.2) is 11.5 Å². The van der Waals surface area contributed by atoms with E-state index in [0.29, 0.717) is 17.2 Å². The molecule has 6 heteroatoms. The normalized spacial score (nSPS) is 12.4. The van der Waals surface area contributed by atoms with Crippen molar-refractivity contribution in [1.29, 1.82) is 0 Å². The fourth-order valence-corrected chi connectivity index (χ4v) is 3.64. The van der Waals surface area contributed by atoms with Crippen LogP contribution < -0.4 is 14.8 Å². The molecule has 0 radical (unpaired) electrons. The first kappa shape index (κ1) is 19.6. The number of phenols is 1. The number of anilines is 1. The number of para-hydroxylation sites is 1. The first-order valence-corrected chi connectivity index (χ1v) is 10.4. The minimum atomic E-state index is 0.184. The lowest BCUT2D eigenvalue weighted by molar-refractivity contribution is 0.174. The van der Waals surface area contributed by atoms with Gasteiger partial charge < -0.3 is 19.9 Å². The third-order valence-corrected chi connectivity index (χ3v) is 5.29. The van der Waals surface area contributed by atoms with Crippen molar-refractivity contribution in [1.82, 2.24) is 4.98 Å². The predicted octanol–water partition coefficient (Wildman–Crippen LogP) is 6.07. The molecule has 1 aromatic heterocycles. The van der Waals surface area contributed by atoms with Crippen LogP contribution in [0.4, 0.5) is 5.82 Å². The third-order valence-electron chi connectivity index (χ3n) is 4.80. The zero-order chi connectivity index (χ0) is 20.4. The highest BCUT2D eigenvalue weighted by Gasteiger charge is 2.20. The molecule has 29 heavy (non-hydrogen) atoms. The number of nitrogens with one attached hydrogen (secondary N) is 1. The standard InChI is InChI=1S/C23H23BrN2O3/c1-14(2)8-9-25-22-11-15(17-4-3-5-21-23(17)29-13-28-21)10-19(26-22)18-12-16(24)6-7-20(18)27/h3-7,10-12,14,27H,8-9,13H2,1-2H3,(H,25,26). The number of ether oxygens (including phenoxy) is 2.